The van der Waals surface area contributed by atoms with Gasteiger partial charge in [0.25, 0.3) is 5.91 Å². The molecule has 0 saturated carbocycles. The van der Waals surface area contributed by atoms with Gasteiger partial charge in [-0.15, -0.1) is 10.2 Å². The smallest absolute Gasteiger partial charge is 0.254 e. The minimum Gasteiger partial charge on any atom is -0.345 e. The lowest BCUT2D eigenvalue weighted by atomic mass is 10.2. The van der Waals surface area contributed by atoms with E-state index in [-0.39, 0.29) is 17.9 Å². The molecule has 0 fully saturated rings. The van der Waals surface area contributed by atoms with Crippen LogP contribution < -0.4 is 5.32 Å². The Morgan fingerprint density at radius 3 is 2.52 bits per heavy atom. The number of nitrogens with one attached hydrogen (secondary N) is 1. The highest BCUT2D eigenvalue weighted by Gasteiger charge is 2.16. The monoisotopic (exact) mass is 416 g/mol. The fourth-order valence-electron chi connectivity index (χ4n) is 2.73. The zero-order valence-corrected chi connectivity index (χ0v) is 17.0. The summed E-state index contributed by atoms with van der Waals surface area (Å²) in [6.07, 6.45) is 0. The first kappa shape index (κ1) is 21.0. The van der Waals surface area contributed by atoms with E-state index in [1.54, 1.807) is 18.2 Å². The van der Waals surface area contributed by atoms with Crippen LogP contribution in [-0.4, -0.2) is 20.7 Å². The molecule has 1 N–H and O–H groups in total. The van der Waals surface area contributed by atoms with Crippen LogP contribution in [0.15, 0.2) is 53.7 Å². The van der Waals surface area contributed by atoms with E-state index in [1.165, 1.54) is 42.1 Å². The van der Waals surface area contributed by atoms with Crippen molar-refractivity contribution in [2.45, 2.75) is 37.8 Å². The second-order valence-electron chi connectivity index (χ2n) is 6.98. The Morgan fingerprint density at radius 2 is 1.83 bits per heavy atom. The van der Waals surface area contributed by atoms with Crippen LogP contribution >= 0.6 is 11.8 Å². The molecule has 1 aromatic heterocycles. The van der Waals surface area contributed by atoms with Crippen LogP contribution in [0.25, 0.3) is 0 Å². The first-order valence-electron chi connectivity index (χ1n) is 9.26. The molecule has 1 amide bonds. The van der Waals surface area contributed by atoms with E-state index in [0.717, 1.165) is 10.7 Å². The van der Waals surface area contributed by atoms with Crippen molar-refractivity contribution in [3.05, 3.63) is 77.1 Å². The van der Waals surface area contributed by atoms with Crippen LogP contribution in [-0.2, 0) is 18.8 Å². The quantitative estimate of drug-likeness (QED) is 0.552. The molecule has 0 aliphatic rings. The summed E-state index contributed by atoms with van der Waals surface area (Å²) in [6, 6.07) is 12.2. The van der Waals surface area contributed by atoms with E-state index in [2.05, 4.69) is 29.4 Å². The Bertz CT molecular complexity index is 973. The van der Waals surface area contributed by atoms with Gasteiger partial charge in [-0.05, 0) is 35.7 Å². The van der Waals surface area contributed by atoms with Gasteiger partial charge in [-0.1, -0.05) is 49.9 Å². The summed E-state index contributed by atoms with van der Waals surface area (Å²) in [6.45, 7) is 4.99. The van der Waals surface area contributed by atoms with E-state index >= 15 is 0 Å². The lowest BCUT2D eigenvalue weighted by Crippen LogP contribution is -2.26. The van der Waals surface area contributed by atoms with E-state index in [9.17, 15) is 13.6 Å². The Hall–Kier alpha value is -2.74. The van der Waals surface area contributed by atoms with Crippen LogP contribution in [0.2, 0.25) is 0 Å². The van der Waals surface area contributed by atoms with Crippen LogP contribution in [0.5, 0.6) is 0 Å². The van der Waals surface area contributed by atoms with Crippen molar-refractivity contribution in [3.8, 4) is 0 Å². The van der Waals surface area contributed by atoms with Crippen molar-refractivity contribution in [1.82, 2.24) is 20.1 Å². The number of amides is 1. The highest BCUT2D eigenvalue weighted by Crippen LogP contribution is 2.23. The van der Waals surface area contributed by atoms with Gasteiger partial charge in [-0.25, -0.2) is 8.78 Å². The second-order valence-corrected chi connectivity index (χ2v) is 7.92. The predicted molar refractivity (Wildman–Crippen MR) is 108 cm³/mol. The van der Waals surface area contributed by atoms with Crippen molar-refractivity contribution >= 4 is 17.7 Å². The zero-order valence-electron chi connectivity index (χ0n) is 16.2. The molecule has 0 atom stereocenters. The maximum absolute atomic E-state index is 13.8. The third kappa shape index (κ3) is 5.63. The summed E-state index contributed by atoms with van der Waals surface area (Å²) in [5.41, 5.74) is 0.971. The molecule has 3 rings (SSSR count). The Kier molecular flexibility index (Phi) is 6.98. The molecule has 29 heavy (non-hydrogen) atoms. The van der Waals surface area contributed by atoms with Crippen molar-refractivity contribution in [3.63, 3.8) is 0 Å². The number of thioether (sulfide) groups is 1. The summed E-state index contributed by atoms with van der Waals surface area (Å²) >= 11 is 1.50. The van der Waals surface area contributed by atoms with E-state index in [0.29, 0.717) is 24.0 Å². The largest absolute Gasteiger partial charge is 0.345 e. The number of benzene rings is 2. The maximum Gasteiger partial charge on any atom is 0.254 e. The average molecular weight is 416 g/mol. The van der Waals surface area contributed by atoms with Gasteiger partial charge in [0.2, 0.25) is 0 Å². The Morgan fingerprint density at radius 1 is 1.10 bits per heavy atom. The predicted octanol–water partition coefficient (Wildman–Crippen LogP) is 4.43. The normalized spacial score (nSPS) is 11.1. The minimum absolute atomic E-state index is 0.00617. The summed E-state index contributed by atoms with van der Waals surface area (Å²) in [7, 11) is 0. The molecule has 0 spiro atoms. The standard InChI is InChI=1S/C21H22F2N4OS/c1-14(2)12-27-19(11-24-20(28)17-5-3-4-6-18(17)23)25-26-21(27)29-13-15-7-9-16(22)10-8-15/h3-10,14H,11-13H2,1-2H3,(H,24,28). The number of hydrogen-bond donors (Lipinski definition) is 1. The Balaban J connectivity index is 1.70. The lowest BCUT2D eigenvalue weighted by molar-refractivity contribution is 0.0945. The number of nitrogens with zero attached hydrogens (tertiary/aromatic N) is 3. The molecule has 0 saturated heterocycles. The topological polar surface area (TPSA) is 59.8 Å². The van der Waals surface area contributed by atoms with Gasteiger partial charge < -0.3 is 9.88 Å². The first-order valence-corrected chi connectivity index (χ1v) is 10.2. The summed E-state index contributed by atoms with van der Waals surface area (Å²) in [5, 5.41) is 11.9. The highest BCUT2D eigenvalue weighted by molar-refractivity contribution is 7.98. The third-order valence-corrected chi connectivity index (χ3v) is 5.19. The third-order valence-electron chi connectivity index (χ3n) is 4.15. The van der Waals surface area contributed by atoms with Crippen LogP contribution in [0.3, 0.4) is 0 Å². The van der Waals surface area contributed by atoms with Crippen molar-refractivity contribution in [1.29, 1.82) is 0 Å². The van der Waals surface area contributed by atoms with E-state index in [1.807, 2.05) is 4.57 Å². The number of rotatable bonds is 8. The molecule has 1 heterocycles. The summed E-state index contributed by atoms with van der Waals surface area (Å²) in [5.74, 6) is 0.238. The second kappa shape index (κ2) is 9.65. The molecule has 0 aliphatic carbocycles. The van der Waals surface area contributed by atoms with Gasteiger partial charge in [-0.3, -0.25) is 4.79 Å². The van der Waals surface area contributed by atoms with E-state index < -0.39 is 11.7 Å². The van der Waals surface area contributed by atoms with Gasteiger partial charge in [0, 0.05) is 12.3 Å². The molecular formula is C21H22F2N4OS. The number of carbonyl (C=O) groups excluding carboxylic acids is 1. The molecule has 3 aromatic rings. The van der Waals surface area contributed by atoms with Crippen molar-refractivity contribution < 1.29 is 13.6 Å². The van der Waals surface area contributed by atoms with Crippen LogP contribution in [0.1, 0.15) is 35.6 Å². The first-order chi connectivity index (χ1) is 13.9. The van der Waals surface area contributed by atoms with Gasteiger partial charge >= 0.3 is 0 Å². The van der Waals surface area contributed by atoms with E-state index in [4.69, 9.17) is 0 Å². The number of hydrogen-bond acceptors (Lipinski definition) is 4. The summed E-state index contributed by atoms with van der Waals surface area (Å²) in [4.78, 5) is 12.3. The molecule has 2 aromatic carbocycles. The molecule has 8 heteroatoms. The van der Waals surface area contributed by atoms with Crippen LogP contribution in [0.4, 0.5) is 8.78 Å². The molecule has 0 bridgehead atoms. The molecule has 0 unspecified atom stereocenters. The fourth-order valence-corrected chi connectivity index (χ4v) is 3.66. The minimum atomic E-state index is -0.566. The van der Waals surface area contributed by atoms with Crippen LogP contribution in [0, 0.1) is 17.6 Å². The van der Waals surface area contributed by atoms with Gasteiger partial charge in [0.1, 0.15) is 11.6 Å². The fraction of sp³-hybridized carbons (Fsp3) is 0.286. The molecule has 0 radical (unpaired) electrons. The maximum atomic E-state index is 13.8. The summed E-state index contributed by atoms with van der Waals surface area (Å²) < 4.78 is 28.8. The van der Waals surface area contributed by atoms with Crippen molar-refractivity contribution in [2.75, 3.05) is 0 Å². The zero-order chi connectivity index (χ0) is 20.8. The van der Waals surface area contributed by atoms with Crippen molar-refractivity contribution in [2.24, 2.45) is 5.92 Å². The Labute approximate surface area is 172 Å². The van der Waals surface area contributed by atoms with Gasteiger partial charge in [0.05, 0.1) is 12.1 Å². The average Bonchev–Trinajstić information content (AvgIpc) is 3.07. The molecule has 0 aliphatic heterocycles. The number of aromatic nitrogens is 3. The lowest BCUT2D eigenvalue weighted by Gasteiger charge is -2.13. The molecular weight excluding hydrogens is 394 g/mol. The SMILES string of the molecule is CC(C)Cn1c(CNC(=O)c2ccccc2F)nnc1SCc1ccc(F)cc1. The number of carbonyl (C=O) groups is 1. The molecule has 5 nitrogen and oxygen atoms in total. The highest BCUT2D eigenvalue weighted by atomic mass is 32.2. The van der Waals surface area contributed by atoms with Gasteiger partial charge in [-0.2, -0.15) is 0 Å². The number of halogens is 2. The molecule has 152 valence electrons. The van der Waals surface area contributed by atoms with Gasteiger partial charge in [0.15, 0.2) is 11.0 Å².